The third kappa shape index (κ3) is 6.15. The SMILES string of the molecule is [B]C([B])([B])c1ccc(C([B])([B])NCC2(F)CC([B])([B])N(C(=O)c3ccc(F)c(Cl)c3)C([B])([B])C2)nc1. The van der Waals surface area contributed by atoms with Crippen LogP contribution in [0, 0.1) is 5.82 Å². The molecule has 1 aromatic carbocycles. The van der Waals surface area contributed by atoms with Gasteiger partial charge in [-0.1, -0.05) is 17.7 Å². The molecule has 16 heteroatoms. The smallest absolute Gasteiger partial charge is 0.252 e. The molecule has 2 heterocycles. The number of piperidine rings is 1. The van der Waals surface area contributed by atoms with Crippen molar-refractivity contribution >= 4 is 88.1 Å². The van der Waals surface area contributed by atoms with Crippen LogP contribution in [0.5, 0.6) is 0 Å². The van der Waals surface area contributed by atoms with Gasteiger partial charge in [-0.15, -0.1) is 5.11 Å². The molecule has 1 saturated heterocycles. The molecule has 2 aromatic rings. The minimum Gasteiger partial charge on any atom is -0.362 e. The summed E-state index contributed by atoms with van der Waals surface area (Å²) in [5, 5.41) is -5.44. The summed E-state index contributed by atoms with van der Waals surface area (Å²) in [6.45, 7) is -0.519. The Bertz CT molecular complexity index is 1130. The molecule has 0 spiro atoms. The molecule has 0 unspecified atom stereocenters. The second kappa shape index (κ2) is 9.69. The lowest BCUT2D eigenvalue weighted by molar-refractivity contribution is 0.00396. The summed E-state index contributed by atoms with van der Waals surface area (Å²) in [5.41, 5.74) is -1.95. The number of pyridine rings is 1. The molecule has 18 radical (unpaired) electrons. The van der Waals surface area contributed by atoms with E-state index >= 15 is 4.39 Å². The van der Waals surface area contributed by atoms with E-state index in [4.69, 9.17) is 82.2 Å². The summed E-state index contributed by atoms with van der Waals surface area (Å²) in [6, 6.07) is 6.06. The fourth-order valence-corrected chi connectivity index (χ4v) is 4.36. The summed E-state index contributed by atoms with van der Waals surface area (Å²) in [6.07, 6.45) is 0.0582. The standard InChI is InChI=1S/C20H13B9ClF2N3O/c21-17(22)7-16(32,9-34-20(28,29)14-4-2-11(6-33-14)19(25,26)27)8-18(23,24)35(17)15(36)10-1-3-13(31)12(30)5-10/h1-6,34H,7-9H2. The van der Waals surface area contributed by atoms with Crippen LogP contribution in [0.15, 0.2) is 36.5 Å². The first-order chi connectivity index (χ1) is 16.3. The third-order valence-corrected chi connectivity index (χ3v) is 6.08. The molecule has 1 amide bonds. The lowest BCUT2D eigenvalue weighted by Gasteiger charge is -2.59. The number of nitrogens with one attached hydrogen (secondary N) is 1. The van der Waals surface area contributed by atoms with Crippen molar-refractivity contribution in [2.75, 3.05) is 6.54 Å². The van der Waals surface area contributed by atoms with E-state index < -0.39 is 57.9 Å². The number of carbonyl (C=O) groups excluding carboxylic acids is 1. The second-order valence-electron chi connectivity index (χ2n) is 9.34. The Kier molecular flexibility index (Phi) is 7.83. The maximum Gasteiger partial charge on any atom is 0.252 e. The van der Waals surface area contributed by atoms with Gasteiger partial charge in [0.05, 0.1) is 75.6 Å². The van der Waals surface area contributed by atoms with Gasteiger partial charge in [0, 0.05) is 24.0 Å². The van der Waals surface area contributed by atoms with Crippen LogP contribution in [0.4, 0.5) is 8.78 Å². The van der Waals surface area contributed by atoms with Crippen molar-refractivity contribution in [2.24, 2.45) is 0 Å². The molecular formula is C20H13B9ClF2N3O. The van der Waals surface area contributed by atoms with Crippen LogP contribution >= 0.6 is 11.6 Å². The molecule has 1 N–H and O–H groups in total. The fourth-order valence-electron chi connectivity index (χ4n) is 4.17. The number of amides is 1. The molecular weight excluding hydrogens is 469 g/mol. The quantitative estimate of drug-likeness (QED) is 0.547. The van der Waals surface area contributed by atoms with Crippen LogP contribution in [0.2, 0.25) is 5.02 Å². The highest BCUT2D eigenvalue weighted by Gasteiger charge is 2.53. The fraction of sp³-hybridized carbons (Fsp3) is 0.400. The number of halogens is 3. The number of benzene rings is 1. The van der Waals surface area contributed by atoms with Crippen LogP contribution in [0.1, 0.15) is 34.5 Å². The average molecular weight is 482 g/mol. The highest BCUT2D eigenvalue weighted by atomic mass is 35.5. The summed E-state index contributed by atoms with van der Waals surface area (Å²) in [4.78, 5) is 17.9. The number of hydrogen-bond acceptors (Lipinski definition) is 3. The van der Waals surface area contributed by atoms with Crippen LogP contribution in [-0.4, -0.2) is 109 Å². The first kappa shape index (κ1) is 29.1. The Morgan fingerprint density at radius 3 is 2.11 bits per heavy atom. The average Bonchev–Trinajstić information content (AvgIpc) is 2.72. The normalized spacial score (nSPS) is 19.0. The molecule has 1 fully saturated rings. The van der Waals surface area contributed by atoms with Gasteiger partial charge in [0.25, 0.3) is 5.91 Å². The molecule has 3 rings (SSSR count). The topological polar surface area (TPSA) is 45.2 Å². The molecule has 0 atom stereocenters. The Morgan fingerprint density at radius 2 is 1.64 bits per heavy atom. The molecule has 1 aromatic heterocycles. The Morgan fingerprint density at radius 1 is 1.06 bits per heavy atom. The summed E-state index contributed by atoms with van der Waals surface area (Å²) >= 11 is 5.76. The van der Waals surface area contributed by atoms with Gasteiger partial charge >= 0.3 is 0 Å². The molecule has 1 aliphatic heterocycles. The highest BCUT2D eigenvalue weighted by molar-refractivity contribution is 6.58. The molecule has 0 saturated carbocycles. The van der Waals surface area contributed by atoms with E-state index in [1.54, 1.807) is 0 Å². The van der Waals surface area contributed by atoms with Crippen molar-refractivity contribution in [3.63, 3.8) is 0 Å². The summed E-state index contributed by atoms with van der Waals surface area (Å²) < 4.78 is 29.5. The molecule has 162 valence electrons. The van der Waals surface area contributed by atoms with Crippen LogP contribution in [0.25, 0.3) is 0 Å². The molecule has 0 aliphatic carbocycles. The number of carbonyl (C=O) groups is 1. The van der Waals surface area contributed by atoms with Crippen LogP contribution in [-0.2, 0) is 10.5 Å². The van der Waals surface area contributed by atoms with Crippen molar-refractivity contribution in [2.45, 2.75) is 39.6 Å². The minimum atomic E-state index is -2.27. The Hall–Kier alpha value is -1.47. The van der Waals surface area contributed by atoms with Crippen molar-refractivity contribution in [1.29, 1.82) is 0 Å². The van der Waals surface area contributed by atoms with Gasteiger partial charge in [-0.05, 0) is 58.7 Å². The molecule has 36 heavy (non-hydrogen) atoms. The largest absolute Gasteiger partial charge is 0.362 e. The predicted molar refractivity (Wildman–Crippen MR) is 143 cm³/mol. The zero-order valence-corrected chi connectivity index (χ0v) is 20.0. The van der Waals surface area contributed by atoms with E-state index in [-0.39, 0.29) is 16.3 Å². The maximum absolute atomic E-state index is 16.0. The Labute approximate surface area is 226 Å². The number of alkyl halides is 1. The number of rotatable bonds is 6. The Balaban J connectivity index is 1.80. The predicted octanol–water partition coefficient (Wildman–Crippen LogP) is -0.847. The van der Waals surface area contributed by atoms with E-state index in [9.17, 15) is 9.18 Å². The van der Waals surface area contributed by atoms with Crippen molar-refractivity contribution < 1.29 is 13.6 Å². The first-order valence-corrected chi connectivity index (χ1v) is 11.0. The lowest BCUT2D eigenvalue weighted by atomic mass is 9.40. The lowest BCUT2D eigenvalue weighted by Crippen LogP contribution is -2.73. The van der Waals surface area contributed by atoms with Gasteiger partial charge < -0.3 is 10.2 Å². The van der Waals surface area contributed by atoms with Crippen molar-refractivity contribution in [3.05, 3.63) is 64.2 Å². The number of nitrogens with zero attached hydrogens (tertiary/aromatic N) is 2. The maximum atomic E-state index is 16.0. The molecule has 1 aliphatic rings. The van der Waals surface area contributed by atoms with Crippen molar-refractivity contribution in [3.8, 4) is 0 Å². The molecule has 4 nitrogen and oxygen atoms in total. The van der Waals surface area contributed by atoms with Crippen LogP contribution < -0.4 is 5.32 Å². The monoisotopic (exact) mass is 483 g/mol. The summed E-state index contributed by atoms with van der Waals surface area (Å²) in [7, 11) is 53.5. The van der Waals surface area contributed by atoms with Crippen molar-refractivity contribution in [1.82, 2.24) is 15.2 Å². The van der Waals surface area contributed by atoms with Gasteiger partial charge in [0.1, 0.15) is 11.5 Å². The van der Waals surface area contributed by atoms with E-state index in [2.05, 4.69) is 10.3 Å². The minimum absolute atomic E-state index is 0.0969. The number of likely N-dealkylation sites (tertiary alicyclic amines) is 1. The zero-order valence-electron chi connectivity index (χ0n) is 19.2. The van der Waals surface area contributed by atoms with E-state index in [1.807, 2.05) is 0 Å². The van der Waals surface area contributed by atoms with Gasteiger partial charge in [-0.25, -0.2) is 8.78 Å². The first-order valence-electron chi connectivity index (χ1n) is 10.6. The number of aromatic nitrogens is 1. The second-order valence-corrected chi connectivity index (χ2v) is 9.75. The highest BCUT2D eigenvalue weighted by Crippen LogP contribution is 2.42. The van der Waals surface area contributed by atoms with Gasteiger partial charge in [0.15, 0.2) is 0 Å². The van der Waals surface area contributed by atoms with Gasteiger partial charge in [-0.3, -0.25) is 9.78 Å². The van der Waals surface area contributed by atoms with E-state index in [1.165, 1.54) is 18.3 Å². The molecule has 0 bridgehead atoms. The van der Waals surface area contributed by atoms with Gasteiger partial charge in [0.2, 0.25) is 0 Å². The van der Waals surface area contributed by atoms with E-state index in [0.717, 1.165) is 23.1 Å². The number of hydrogen-bond donors (Lipinski definition) is 1. The van der Waals surface area contributed by atoms with E-state index in [0.29, 0.717) is 5.56 Å². The zero-order chi connectivity index (χ0) is 27.3. The third-order valence-electron chi connectivity index (χ3n) is 5.79. The summed E-state index contributed by atoms with van der Waals surface area (Å²) in [5.74, 6) is -1.61. The van der Waals surface area contributed by atoms with Gasteiger partial charge in [-0.2, -0.15) is 0 Å². The van der Waals surface area contributed by atoms with Crippen LogP contribution in [0.3, 0.4) is 0 Å².